The molecule has 0 radical (unpaired) electrons. The van der Waals surface area contributed by atoms with Crippen molar-refractivity contribution in [2.75, 3.05) is 0 Å². The molecule has 0 N–H and O–H groups in total. The van der Waals surface area contributed by atoms with Gasteiger partial charge in [0.05, 0.1) is 6.04 Å². The minimum atomic E-state index is 0.0855. The van der Waals surface area contributed by atoms with Crippen LogP contribution < -0.4 is 0 Å². The van der Waals surface area contributed by atoms with E-state index in [0.717, 1.165) is 36.5 Å². The molecule has 2 aromatic rings. The van der Waals surface area contributed by atoms with Gasteiger partial charge < -0.3 is 4.90 Å². The largest absolute Gasteiger partial charge is 0.329 e. The molecular weight excluding hydrogens is 288 g/mol. The highest BCUT2D eigenvalue weighted by Crippen LogP contribution is 2.42. The highest BCUT2D eigenvalue weighted by atomic mass is 16.2. The van der Waals surface area contributed by atoms with Crippen LogP contribution in [-0.4, -0.2) is 31.6 Å². The Morgan fingerprint density at radius 1 is 1.13 bits per heavy atom. The minimum Gasteiger partial charge on any atom is -0.329 e. The summed E-state index contributed by atoms with van der Waals surface area (Å²) in [5.41, 5.74) is 1.02. The predicted molar refractivity (Wildman–Crippen MR) is 87.7 cm³/mol. The van der Waals surface area contributed by atoms with Crippen LogP contribution in [0.3, 0.4) is 0 Å². The SMILES string of the molecule is CC(C)n1nc(-c2ccccc2)nc1C1CCC2CCC(=O)N21. The zero-order valence-electron chi connectivity index (χ0n) is 13.6. The van der Waals surface area contributed by atoms with E-state index in [-0.39, 0.29) is 18.0 Å². The maximum atomic E-state index is 12.3. The molecule has 2 fully saturated rings. The number of nitrogens with zero attached hydrogens (tertiary/aromatic N) is 4. The molecule has 5 nitrogen and oxygen atoms in total. The summed E-state index contributed by atoms with van der Waals surface area (Å²) in [5.74, 6) is 1.97. The van der Waals surface area contributed by atoms with Gasteiger partial charge >= 0.3 is 0 Å². The van der Waals surface area contributed by atoms with E-state index in [0.29, 0.717) is 12.5 Å². The van der Waals surface area contributed by atoms with E-state index in [4.69, 9.17) is 10.1 Å². The van der Waals surface area contributed by atoms with Crippen LogP contribution in [0.15, 0.2) is 30.3 Å². The fourth-order valence-corrected chi connectivity index (χ4v) is 3.87. The summed E-state index contributed by atoms with van der Waals surface area (Å²) in [6, 6.07) is 10.8. The third-order valence-corrected chi connectivity index (χ3v) is 4.96. The molecule has 1 amide bonds. The summed E-state index contributed by atoms with van der Waals surface area (Å²) in [4.78, 5) is 19.2. The van der Waals surface area contributed by atoms with Crippen molar-refractivity contribution in [2.45, 2.75) is 57.7 Å². The maximum absolute atomic E-state index is 12.3. The second-order valence-corrected chi connectivity index (χ2v) is 6.78. The summed E-state index contributed by atoms with van der Waals surface area (Å²) >= 11 is 0. The van der Waals surface area contributed by atoms with Crippen LogP contribution in [0.4, 0.5) is 0 Å². The molecule has 0 spiro atoms. The standard InChI is InChI=1S/C18H22N4O/c1-12(2)22-18(15-10-8-14-9-11-16(23)21(14)15)19-17(20-22)13-6-4-3-5-7-13/h3-7,12,14-15H,8-11H2,1-2H3. The van der Waals surface area contributed by atoms with E-state index in [1.54, 1.807) is 0 Å². The highest BCUT2D eigenvalue weighted by molar-refractivity contribution is 5.79. The highest BCUT2D eigenvalue weighted by Gasteiger charge is 2.44. The first kappa shape index (κ1) is 14.4. The molecule has 4 rings (SSSR count). The van der Waals surface area contributed by atoms with E-state index in [1.165, 1.54) is 0 Å². The van der Waals surface area contributed by atoms with Crippen LogP contribution in [-0.2, 0) is 4.79 Å². The molecule has 0 bridgehead atoms. The van der Waals surface area contributed by atoms with Crippen LogP contribution in [0.5, 0.6) is 0 Å². The van der Waals surface area contributed by atoms with Crippen LogP contribution in [0.25, 0.3) is 11.4 Å². The Balaban J connectivity index is 1.76. The normalized spacial score (nSPS) is 23.8. The average molecular weight is 310 g/mol. The van der Waals surface area contributed by atoms with Crippen molar-refractivity contribution in [2.24, 2.45) is 0 Å². The monoisotopic (exact) mass is 310 g/mol. The molecule has 120 valence electrons. The molecule has 1 aromatic heterocycles. The Kier molecular flexibility index (Phi) is 3.43. The lowest BCUT2D eigenvalue weighted by Gasteiger charge is -2.24. The fourth-order valence-electron chi connectivity index (χ4n) is 3.87. The van der Waals surface area contributed by atoms with E-state index in [9.17, 15) is 4.79 Å². The van der Waals surface area contributed by atoms with E-state index >= 15 is 0 Å². The van der Waals surface area contributed by atoms with Crippen molar-refractivity contribution < 1.29 is 4.79 Å². The van der Waals surface area contributed by atoms with Gasteiger partial charge in [0, 0.05) is 24.1 Å². The van der Waals surface area contributed by atoms with Gasteiger partial charge in [0.2, 0.25) is 5.91 Å². The molecule has 1 aromatic carbocycles. The minimum absolute atomic E-state index is 0.0855. The van der Waals surface area contributed by atoms with Crippen molar-refractivity contribution in [3.05, 3.63) is 36.2 Å². The number of fused-ring (bicyclic) bond motifs is 1. The molecule has 3 heterocycles. The summed E-state index contributed by atoms with van der Waals surface area (Å²) in [7, 11) is 0. The van der Waals surface area contributed by atoms with Crippen molar-refractivity contribution in [1.82, 2.24) is 19.7 Å². The maximum Gasteiger partial charge on any atom is 0.223 e. The van der Waals surface area contributed by atoms with Crippen LogP contribution in [0.1, 0.15) is 57.4 Å². The molecule has 23 heavy (non-hydrogen) atoms. The fraction of sp³-hybridized carbons (Fsp3) is 0.500. The second kappa shape index (κ2) is 5.48. The molecule has 0 aliphatic carbocycles. The number of benzene rings is 1. The molecule has 2 aliphatic heterocycles. The number of carbonyl (C=O) groups excluding carboxylic acids is 1. The summed E-state index contributed by atoms with van der Waals surface area (Å²) in [5, 5.41) is 4.73. The number of carbonyl (C=O) groups is 1. The van der Waals surface area contributed by atoms with Crippen molar-refractivity contribution in [3.63, 3.8) is 0 Å². The molecule has 2 saturated heterocycles. The number of amides is 1. The lowest BCUT2D eigenvalue weighted by molar-refractivity contribution is -0.130. The molecule has 2 atom stereocenters. The average Bonchev–Trinajstić information content (AvgIpc) is 3.24. The molecule has 2 aliphatic rings. The number of hydrogen-bond acceptors (Lipinski definition) is 3. The summed E-state index contributed by atoms with van der Waals surface area (Å²) < 4.78 is 2.00. The Morgan fingerprint density at radius 2 is 1.91 bits per heavy atom. The van der Waals surface area contributed by atoms with Gasteiger partial charge in [-0.15, -0.1) is 0 Å². The Hall–Kier alpha value is -2.17. The van der Waals surface area contributed by atoms with Gasteiger partial charge in [-0.3, -0.25) is 4.79 Å². The third kappa shape index (κ3) is 2.35. The van der Waals surface area contributed by atoms with Crippen LogP contribution >= 0.6 is 0 Å². The lowest BCUT2D eigenvalue weighted by atomic mass is 10.1. The number of aromatic nitrogens is 3. The van der Waals surface area contributed by atoms with Crippen molar-refractivity contribution in [1.29, 1.82) is 0 Å². The van der Waals surface area contributed by atoms with Gasteiger partial charge in [-0.1, -0.05) is 30.3 Å². The number of hydrogen-bond donors (Lipinski definition) is 0. The lowest BCUT2D eigenvalue weighted by Crippen LogP contribution is -2.31. The zero-order valence-corrected chi connectivity index (χ0v) is 13.6. The number of rotatable bonds is 3. The molecule has 0 saturated carbocycles. The second-order valence-electron chi connectivity index (χ2n) is 6.78. The van der Waals surface area contributed by atoms with Gasteiger partial charge in [-0.2, -0.15) is 5.10 Å². The van der Waals surface area contributed by atoms with Crippen molar-refractivity contribution >= 4 is 5.91 Å². The summed E-state index contributed by atoms with van der Waals surface area (Å²) in [6.07, 6.45) is 3.76. The van der Waals surface area contributed by atoms with Gasteiger partial charge in [-0.05, 0) is 33.1 Å². The zero-order chi connectivity index (χ0) is 16.0. The first-order valence-corrected chi connectivity index (χ1v) is 8.48. The van der Waals surface area contributed by atoms with Gasteiger partial charge in [0.25, 0.3) is 0 Å². The Bertz CT molecular complexity index is 722. The molecule has 2 unspecified atom stereocenters. The molecular formula is C18H22N4O. The van der Waals surface area contributed by atoms with Gasteiger partial charge in [0.1, 0.15) is 0 Å². The van der Waals surface area contributed by atoms with Crippen LogP contribution in [0.2, 0.25) is 0 Å². The molecule has 5 heteroatoms. The van der Waals surface area contributed by atoms with E-state index in [2.05, 4.69) is 18.7 Å². The Labute approximate surface area is 136 Å². The van der Waals surface area contributed by atoms with Gasteiger partial charge in [-0.25, -0.2) is 9.67 Å². The quantitative estimate of drug-likeness (QED) is 0.873. The van der Waals surface area contributed by atoms with E-state index < -0.39 is 0 Å². The first-order chi connectivity index (χ1) is 11.1. The van der Waals surface area contributed by atoms with Crippen molar-refractivity contribution in [3.8, 4) is 11.4 Å². The smallest absolute Gasteiger partial charge is 0.223 e. The van der Waals surface area contributed by atoms with Gasteiger partial charge in [0.15, 0.2) is 11.6 Å². The topological polar surface area (TPSA) is 51.0 Å². The van der Waals surface area contributed by atoms with Crippen LogP contribution in [0, 0.1) is 0 Å². The summed E-state index contributed by atoms with van der Waals surface area (Å²) in [6.45, 7) is 4.23. The Morgan fingerprint density at radius 3 is 2.65 bits per heavy atom. The first-order valence-electron chi connectivity index (χ1n) is 8.48. The predicted octanol–water partition coefficient (Wildman–Crippen LogP) is 3.35. The van der Waals surface area contributed by atoms with E-state index in [1.807, 2.05) is 35.0 Å². The third-order valence-electron chi connectivity index (χ3n) is 4.96.